The molecular formula is C16H18N2O3S. The fourth-order valence-electron chi connectivity index (χ4n) is 2.10. The molecule has 22 heavy (non-hydrogen) atoms. The Morgan fingerprint density at radius 3 is 2.45 bits per heavy atom. The average molecular weight is 318 g/mol. The first-order valence-corrected chi connectivity index (χ1v) is 8.41. The van der Waals surface area contributed by atoms with Gasteiger partial charge >= 0.3 is 0 Å². The second kappa shape index (κ2) is 6.70. The smallest absolute Gasteiger partial charge is 0.216 e. The lowest BCUT2D eigenvalue weighted by atomic mass is 10.2. The van der Waals surface area contributed by atoms with E-state index in [1.807, 2.05) is 6.92 Å². The summed E-state index contributed by atoms with van der Waals surface area (Å²) in [4.78, 5) is 15.4. The molecule has 1 heterocycles. The Morgan fingerprint density at radius 2 is 1.91 bits per heavy atom. The molecule has 6 heteroatoms. The summed E-state index contributed by atoms with van der Waals surface area (Å²) in [5.74, 6) is -0.270. The number of pyridine rings is 1. The lowest BCUT2D eigenvalue weighted by Gasteiger charge is -2.18. The quantitative estimate of drug-likeness (QED) is 0.915. The molecule has 1 N–H and O–H groups in total. The Balaban J connectivity index is 2.43. The van der Waals surface area contributed by atoms with Gasteiger partial charge in [-0.2, -0.15) is 0 Å². The van der Waals surface area contributed by atoms with Gasteiger partial charge in [-0.25, -0.2) is 8.42 Å². The van der Waals surface area contributed by atoms with E-state index in [1.165, 1.54) is 13.1 Å². The van der Waals surface area contributed by atoms with Gasteiger partial charge in [0.25, 0.3) is 0 Å². The number of rotatable bonds is 5. The number of hydrogen-bond donors (Lipinski definition) is 1. The maximum Gasteiger partial charge on any atom is 0.216 e. The number of carbonyl (C=O) groups is 1. The van der Waals surface area contributed by atoms with Crippen LogP contribution < -0.4 is 5.32 Å². The molecule has 0 aliphatic rings. The topological polar surface area (TPSA) is 76.1 Å². The summed E-state index contributed by atoms with van der Waals surface area (Å²) < 4.78 is 25.8. The van der Waals surface area contributed by atoms with E-state index in [9.17, 15) is 13.2 Å². The first kappa shape index (κ1) is 16.2. The van der Waals surface area contributed by atoms with Gasteiger partial charge in [0.2, 0.25) is 5.91 Å². The number of aryl methyl sites for hydroxylation is 1. The van der Waals surface area contributed by atoms with Crippen LogP contribution in [0.1, 0.15) is 23.3 Å². The molecule has 0 unspecified atom stereocenters. The molecule has 0 saturated carbocycles. The van der Waals surface area contributed by atoms with Crippen molar-refractivity contribution in [3.05, 3.63) is 59.9 Å². The van der Waals surface area contributed by atoms with Gasteiger partial charge < -0.3 is 5.32 Å². The molecule has 116 valence electrons. The fourth-order valence-corrected chi connectivity index (χ4v) is 3.75. The van der Waals surface area contributed by atoms with Crippen LogP contribution in [0.5, 0.6) is 0 Å². The van der Waals surface area contributed by atoms with Gasteiger partial charge in [0, 0.05) is 25.9 Å². The highest BCUT2D eigenvalue weighted by molar-refractivity contribution is 7.91. The van der Waals surface area contributed by atoms with Crippen molar-refractivity contribution in [3.63, 3.8) is 0 Å². The summed E-state index contributed by atoms with van der Waals surface area (Å²) in [5, 5.41) is 1.72. The number of carbonyl (C=O) groups excluding carboxylic acids is 1. The molecule has 5 nitrogen and oxygen atoms in total. The predicted molar refractivity (Wildman–Crippen MR) is 84.0 cm³/mol. The SMILES string of the molecule is CC(=O)NC[C@@H](c1cccnc1)S(=O)(=O)c1ccc(C)cc1. The number of hydrogen-bond acceptors (Lipinski definition) is 4. The van der Waals surface area contributed by atoms with E-state index < -0.39 is 15.1 Å². The summed E-state index contributed by atoms with van der Waals surface area (Å²) in [7, 11) is -3.62. The third kappa shape index (κ3) is 3.71. The van der Waals surface area contributed by atoms with E-state index in [0.29, 0.717) is 5.56 Å². The van der Waals surface area contributed by atoms with E-state index in [1.54, 1.807) is 42.6 Å². The van der Waals surface area contributed by atoms with Crippen molar-refractivity contribution in [1.29, 1.82) is 0 Å². The van der Waals surface area contributed by atoms with Crippen LogP contribution in [0, 0.1) is 6.92 Å². The van der Waals surface area contributed by atoms with Crippen LogP contribution in [-0.2, 0) is 14.6 Å². The Labute approximate surface area is 130 Å². The number of sulfone groups is 1. The zero-order chi connectivity index (χ0) is 16.2. The molecule has 2 rings (SSSR count). The molecule has 1 atom stereocenters. The average Bonchev–Trinajstić information content (AvgIpc) is 2.48. The van der Waals surface area contributed by atoms with Crippen molar-refractivity contribution in [2.45, 2.75) is 24.0 Å². The van der Waals surface area contributed by atoms with Crippen molar-refractivity contribution in [1.82, 2.24) is 10.3 Å². The standard InChI is InChI=1S/C16H18N2O3S/c1-12-5-7-15(8-6-12)22(20,21)16(11-18-13(2)19)14-4-3-9-17-10-14/h3-10,16H,11H2,1-2H3,(H,18,19)/t16-/m0/s1. The Bertz CT molecular complexity index is 741. The number of nitrogens with zero attached hydrogens (tertiary/aromatic N) is 1. The largest absolute Gasteiger partial charge is 0.355 e. The van der Waals surface area contributed by atoms with Gasteiger partial charge in [0.15, 0.2) is 9.84 Å². The normalized spacial score (nSPS) is 12.6. The number of aromatic nitrogens is 1. The molecule has 1 amide bonds. The molecule has 0 saturated heterocycles. The first-order chi connectivity index (χ1) is 10.4. The minimum atomic E-state index is -3.62. The Morgan fingerprint density at radius 1 is 1.23 bits per heavy atom. The maximum absolute atomic E-state index is 12.9. The van der Waals surface area contributed by atoms with Crippen LogP contribution in [0.3, 0.4) is 0 Å². The molecule has 0 radical (unpaired) electrons. The molecule has 1 aromatic heterocycles. The van der Waals surface area contributed by atoms with Crippen LogP contribution in [0.2, 0.25) is 0 Å². The highest BCUT2D eigenvalue weighted by Gasteiger charge is 2.29. The Kier molecular flexibility index (Phi) is 4.92. The molecular weight excluding hydrogens is 300 g/mol. The van der Waals surface area contributed by atoms with Gasteiger partial charge in [-0.05, 0) is 30.7 Å². The second-order valence-electron chi connectivity index (χ2n) is 5.07. The van der Waals surface area contributed by atoms with E-state index in [4.69, 9.17) is 0 Å². The molecule has 0 fully saturated rings. The van der Waals surface area contributed by atoms with Crippen molar-refractivity contribution >= 4 is 15.7 Å². The van der Waals surface area contributed by atoms with Crippen molar-refractivity contribution in [2.24, 2.45) is 0 Å². The third-order valence-electron chi connectivity index (χ3n) is 3.32. The second-order valence-corrected chi connectivity index (χ2v) is 7.20. The molecule has 0 aliphatic carbocycles. The van der Waals surface area contributed by atoms with Gasteiger partial charge in [-0.3, -0.25) is 9.78 Å². The minimum Gasteiger partial charge on any atom is -0.355 e. The number of benzene rings is 1. The highest BCUT2D eigenvalue weighted by Crippen LogP contribution is 2.28. The Hall–Kier alpha value is -2.21. The third-order valence-corrected chi connectivity index (χ3v) is 5.43. The molecule has 1 aromatic carbocycles. The van der Waals surface area contributed by atoms with Crippen LogP contribution in [-0.4, -0.2) is 25.9 Å². The van der Waals surface area contributed by atoms with E-state index in [-0.39, 0.29) is 17.3 Å². The van der Waals surface area contributed by atoms with E-state index >= 15 is 0 Å². The number of amides is 1. The lowest BCUT2D eigenvalue weighted by Crippen LogP contribution is -2.30. The fraction of sp³-hybridized carbons (Fsp3) is 0.250. The monoisotopic (exact) mass is 318 g/mol. The van der Waals surface area contributed by atoms with Gasteiger partial charge in [-0.15, -0.1) is 0 Å². The lowest BCUT2D eigenvalue weighted by molar-refractivity contribution is -0.118. The zero-order valence-corrected chi connectivity index (χ0v) is 13.3. The van der Waals surface area contributed by atoms with Gasteiger partial charge in [-0.1, -0.05) is 23.8 Å². The zero-order valence-electron chi connectivity index (χ0n) is 12.5. The molecule has 0 aliphatic heterocycles. The van der Waals surface area contributed by atoms with Gasteiger partial charge in [0.1, 0.15) is 5.25 Å². The number of nitrogens with one attached hydrogen (secondary N) is 1. The van der Waals surface area contributed by atoms with Crippen molar-refractivity contribution in [3.8, 4) is 0 Å². The molecule has 0 bridgehead atoms. The van der Waals surface area contributed by atoms with Crippen LogP contribution in [0.15, 0.2) is 53.7 Å². The predicted octanol–water partition coefficient (Wildman–Crippen LogP) is 2.04. The summed E-state index contributed by atoms with van der Waals surface area (Å²) in [5.41, 5.74) is 1.54. The van der Waals surface area contributed by atoms with Gasteiger partial charge in [0.05, 0.1) is 4.90 Å². The minimum absolute atomic E-state index is 0.0111. The molecule has 2 aromatic rings. The van der Waals surface area contributed by atoms with Crippen molar-refractivity contribution in [2.75, 3.05) is 6.54 Å². The summed E-state index contributed by atoms with van der Waals surface area (Å²) in [6.07, 6.45) is 3.09. The summed E-state index contributed by atoms with van der Waals surface area (Å²) >= 11 is 0. The van der Waals surface area contributed by atoms with Crippen LogP contribution >= 0.6 is 0 Å². The van der Waals surface area contributed by atoms with Crippen LogP contribution in [0.25, 0.3) is 0 Å². The van der Waals surface area contributed by atoms with E-state index in [0.717, 1.165) is 5.56 Å². The van der Waals surface area contributed by atoms with Crippen LogP contribution in [0.4, 0.5) is 0 Å². The first-order valence-electron chi connectivity index (χ1n) is 6.86. The van der Waals surface area contributed by atoms with E-state index in [2.05, 4.69) is 10.3 Å². The highest BCUT2D eigenvalue weighted by atomic mass is 32.2. The summed E-state index contributed by atoms with van der Waals surface area (Å²) in [6.45, 7) is 3.27. The maximum atomic E-state index is 12.9. The summed E-state index contributed by atoms with van der Waals surface area (Å²) in [6, 6.07) is 10.1. The molecule has 0 spiro atoms. The van der Waals surface area contributed by atoms with Crippen molar-refractivity contribution < 1.29 is 13.2 Å².